The van der Waals surface area contributed by atoms with Crippen LogP contribution in [0.2, 0.25) is 0 Å². The summed E-state index contributed by atoms with van der Waals surface area (Å²) < 4.78 is 8.67. The van der Waals surface area contributed by atoms with Gasteiger partial charge >= 0.3 is 0 Å². The maximum atomic E-state index is 13.0. The molecule has 0 bridgehead atoms. The lowest BCUT2D eigenvalue weighted by Gasteiger charge is -2.09. The quantitative estimate of drug-likeness (QED) is 0.390. The molecule has 10 nitrogen and oxygen atoms in total. The molecule has 2 aromatic carbocycles. The van der Waals surface area contributed by atoms with Gasteiger partial charge in [-0.15, -0.1) is 0 Å². The monoisotopic (exact) mass is 479 g/mol. The van der Waals surface area contributed by atoms with Gasteiger partial charge < -0.3 is 9.73 Å². The van der Waals surface area contributed by atoms with E-state index < -0.39 is 5.91 Å². The highest BCUT2D eigenvalue weighted by atomic mass is 16.3. The molecule has 2 N–H and O–H groups in total. The van der Waals surface area contributed by atoms with Crippen molar-refractivity contribution in [2.75, 3.05) is 5.32 Å². The van der Waals surface area contributed by atoms with Crippen LogP contribution in [-0.2, 0) is 0 Å². The van der Waals surface area contributed by atoms with Gasteiger partial charge in [-0.1, -0.05) is 24.3 Å². The van der Waals surface area contributed by atoms with Crippen molar-refractivity contribution in [1.82, 2.24) is 29.5 Å². The van der Waals surface area contributed by atoms with E-state index in [0.717, 1.165) is 22.2 Å². The Morgan fingerprint density at radius 3 is 2.64 bits per heavy atom. The van der Waals surface area contributed by atoms with Crippen molar-refractivity contribution < 1.29 is 9.21 Å². The average molecular weight is 480 g/mol. The average Bonchev–Trinajstić information content (AvgIpc) is 3.57. The second kappa shape index (κ2) is 8.05. The van der Waals surface area contributed by atoms with E-state index in [1.54, 1.807) is 29.8 Å². The van der Waals surface area contributed by atoms with Gasteiger partial charge in [-0.05, 0) is 56.2 Å². The first-order valence-corrected chi connectivity index (χ1v) is 11.3. The van der Waals surface area contributed by atoms with E-state index in [9.17, 15) is 9.59 Å². The van der Waals surface area contributed by atoms with Crippen LogP contribution in [0.15, 0.2) is 70.0 Å². The third kappa shape index (κ3) is 3.56. The molecule has 0 saturated heterocycles. The summed E-state index contributed by atoms with van der Waals surface area (Å²) in [7, 11) is 0. The second-order valence-electron chi connectivity index (χ2n) is 8.64. The first kappa shape index (κ1) is 21.5. The van der Waals surface area contributed by atoms with Crippen LogP contribution in [-0.4, -0.2) is 35.4 Å². The minimum absolute atomic E-state index is 0.145. The van der Waals surface area contributed by atoms with Gasteiger partial charge in [0.05, 0.1) is 17.6 Å². The summed E-state index contributed by atoms with van der Waals surface area (Å²) in [6.45, 7) is 5.82. The van der Waals surface area contributed by atoms with Gasteiger partial charge in [0.15, 0.2) is 11.4 Å². The molecule has 0 aliphatic carbocycles. The number of nitrogens with zero attached hydrogens (tertiary/aromatic N) is 5. The number of amides is 1. The Morgan fingerprint density at radius 2 is 1.83 bits per heavy atom. The highest BCUT2D eigenvalue weighted by Crippen LogP contribution is 2.22. The number of aromatic nitrogens is 6. The molecule has 0 radical (unpaired) electrons. The van der Waals surface area contributed by atoms with Gasteiger partial charge in [-0.25, -0.2) is 4.68 Å². The number of H-pyrrole nitrogens is 1. The normalized spacial score (nSPS) is 11.4. The Hall–Kier alpha value is -4.99. The number of aryl methyl sites for hydroxylation is 3. The van der Waals surface area contributed by atoms with Gasteiger partial charge in [0, 0.05) is 11.5 Å². The van der Waals surface area contributed by atoms with Crippen LogP contribution >= 0.6 is 0 Å². The fourth-order valence-electron chi connectivity index (χ4n) is 4.08. The van der Waals surface area contributed by atoms with E-state index in [0.29, 0.717) is 28.1 Å². The number of anilines is 1. The van der Waals surface area contributed by atoms with E-state index in [-0.39, 0.29) is 17.3 Å². The topological polar surface area (TPSA) is 124 Å². The number of carbonyl (C=O) groups is 1. The van der Waals surface area contributed by atoms with Gasteiger partial charge in [0.2, 0.25) is 5.95 Å². The number of benzene rings is 2. The number of hydrogen-bond donors (Lipinski definition) is 2. The third-order valence-corrected chi connectivity index (χ3v) is 6.08. The molecule has 1 amide bonds. The largest absolute Gasteiger partial charge is 0.451 e. The first-order chi connectivity index (χ1) is 17.4. The van der Waals surface area contributed by atoms with Crippen LogP contribution in [0.1, 0.15) is 27.4 Å². The Balaban J connectivity index is 1.42. The van der Waals surface area contributed by atoms with E-state index >= 15 is 0 Å². The molecule has 36 heavy (non-hydrogen) atoms. The van der Waals surface area contributed by atoms with Crippen LogP contribution in [0.3, 0.4) is 0 Å². The minimum atomic E-state index is -0.448. The van der Waals surface area contributed by atoms with E-state index in [1.165, 1.54) is 10.9 Å². The summed E-state index contributed by atoms with van der Waals surface area (Å²) in [5.41, 5.74) is 4.28. The third-order valence-electron chi connectivity index (χ3n) is 6.08. The number of hydrogen-bond acceptors (Lipinski definition) is 6. The molecule has 6 aromatic rings. The van der Waals surface area contributed by atoms with Crippen LogP contribution < -0.4 is 10.9 Å². The predicted octanol–water partition coefficient (Wildman–Crippen LogP) is 4.22. The summed E-state index contributed by atoms with van der Waals surface area (Å²) in [5, 5.41) is 12.8. The van der Waals surface area contributed by atoms with Crippen LogP contribution in [0, 0.1) is 20.8 Å². The Bertz CT molecular complexity index is 1820. The van der Waals surface area contributed by atoms with Gasteiger partial charge in [-0.2, -0.15) is 19.9 Å². The molecule has 0 aliphatic heterocycles. The predicted molar refractivity (Wildman–Crippen MR) is 135 cm³/mol. The standard InChI is InChI=1S/C26H21N7O3/c1-14-8-9-18(10-15(14)2)32-23-19(13-27-32)24(34)30-26(29-23)33-22(11-16(3)31-33)28-25(35)21-12-17-6-4-5-7-20(17)36-21/h4-13H,1-3H3,(H,28,35)(H,29,30,34). The number of nitrogens with one attached hydrogen (secondary N) is 2. The number of carbonyl (C=O) groups excluding carboxylic acids is 1. The Labute approximate surface area is 204 Å². The summed E-state index contributed by atoms with van der Waals surface area (Å²) in [6.07, 6.45) is 1.48. The maximum absolute atomic E-state index is 13.0. The van der Waals surface area contributed by atoms with Gasteiger partial charge in [0.25, 0.3) is 11.5 Å². The molecule has 0 spiro atoms. The van der Waals surface area contributed by atoms with Crippen molar-refractivity contribution >= 4 is 33.7 Å². The maximum Gasteiger partial charge on any atom is 0.292 e. The number of aromatic amines is 1. The molecule has 0 unspecified atom stereocenters. The lowest BCUT2D eigenvalue weighted by atomic mass is 10.1. The molecule has 0 fully saturated rings. The summed E-state index contributed by atoms with van der Waals surface area (Å²) in [4.78, 5) is 33.3. The summed E-state index contributed by atoms with van der Waals surface area (Å²) in [6, 6.07) is 16.6. The highest BCUT2D eigenvalue weighted by Gasteiger charge is 2.19. The first-order valence-electron chi connectivity index (χ1n) is 11.3. The number of para-hydroxylation sites is 1. The molecule has 6 rings (SSSR count). The molecular weight excluding hydrogens is 458 g/mol. The molecule has 10 heteroatoms. The Morgan fingerprint density at radius 1 is 1.00 bits per heavy atom. The zero-order valence-electron chi connectivity index (χ0n) is 19.7. The van der Waals surface area contributed by atoms with Crippen molar-refractivity contribution in [2.24, 2.45) is 0 Å². The Kier molecular flexibility index (Phi) is 4.82. The molecule has 0 aliphatic rings. The molecule has 4 heterocycles. The van der Waals surface area contributed by atoms with Gasteiger partial charge in [-0.3, -0.25) is 14.6 Å². The number of furan rings is 1. The van der Waals surface area contributed by atoms with E-state index in [1.807, 2.05) is 50.2 Å². The van der Waals surface area contributed by atoms with Crippen molar-refractivity contribution in [2.45, 2.75) is 20.8 Å². The lowest BCUT2D eigenvalue weighted by Crippen LogP contribution is -2.19. The van der Waals surface area contributed by atoms with Crippen molar-refractivity contribution in [3.63, 3.8) is 0 Å². The summed E-state index contributed by atoms with van der Waals surface area (Å²) >= 11 is 0. The zero-order valence-corrected chi connectivity index (χ0v) is 19.7. The second-order valence-corrected chi connectivity index (χ2v) is 8.64. The van der Waals surface area contributed by atoms with Crippen molar-refractivity contribution in [3.05, 3.63) is 93.7 Å². The molecule has 0 saturated carbocycles. The highest BCUT2D eigenvalue weighted by molar-refractivity contribution is 6.04. The van der Waals surface area contributed by atoms with Gasteiger partial charge in [0.1, 0.15) is 16.8 Å². The van der Waals surface area contributed by atoms with Crippen molar-refractivity contribution in [1.29, 1.82) is 0 Å². The van der Waals surface area contributed by atoms with Crippen LogP contribution in [0.4, 0.5) is 5.82 Å². The molecule has 4 aromatic heterocycles. The summed E-state index contributed by atoms with van der Waals surface area (Å²) in [5.74, 6) is 0.186. The van der Waals surface area contributed by atoms with Crippen LogP contribution in [0.25, 0.3) is 33.6 Å². The zero-order chi connectivity index (χ0) is 25.0. The fourth-order valence-corrected chi connectivity index (χ4v) is 4.08. The number of rotatable bonds is 4. The molecular formula is C26H21N7O3. The molecule has 0 atom stereocenters. The smallest absolute Gasteiger partial charge is 0.292 e. The minimum Gasteiger partial charge on any atom is -0.451 e. The van der Waals surface area contributed by atoms with Crippen molar-refractivity contribution in [3.8, 4) is 11.6 Å². The SMILES string of the molecule is Cc1cc(NC(=O)c2cc3ccccc3o2)n(-c2nc3c(cnn3-c3ccc(C)c(C)c3)c(=O)[nH]2)n1. The van der Waals surface area contributed by atoms with Crippen LogP contribution in [0.5, 0.6) is 0 Å². The van der Waals surface area contributed by atoms with E-state index in [4.69, 9.17) is 4.42 Å². The van der Waals surface area contributed by atoms with E-state index in [2.05, 4.69) is 25.5 Å². The molecule has 178 valence electrons. The number of fused-ring (bicyclic) bond motifs is 2. The fraction of sp³-hybridized carbons (Fsp3) is 0.115. The lowest BCUT2D eigenvalue weighted by molar-refractivity contribution is 0.0998.